The van der Waals surface area contributed by atoms with Crippen LogP contribution in [0.15, 0.2) is 0 Å². The Bertz CT molecular complexity index is 1140. The summed E-state index contributed by atoms with van der Waals surface area (Å²) in [6, 6.07) is -2.62. The minimum Gasteiger partial charge on any atom is -0.829 e. The molecular weight excluding hydrogens is 624 g/mol. The van der Waals surface area contributed by atoms with Crippen LogP contribution < -0.4 is 10.4 Å². The van der Waals surface area contributed by atoms with E-state index in [1.165, 1.54) is 20.9 Å². The molecule has 0 aromatic carbocycles. The lowest BCUT2D eigenvalue weighted by Gasteiger charge is -2.53. The summed E-state index contributed by atoms with van der Waals surface area (Å²) in [7, 11) is 1.32. The third-order valence-electron chi connectivity index (χ3n) is 6.67. The topological polar surface area (TPSA) is 222 Å². The van der Waals surface area contributed by atoms with Gasteiger partial charge in [0.2, 0.25) is 11.8 Å². The number of hydrogen-bond donors (Lipinski definition) is 1. The number of amides is 2. The maximum atomic E-state index is 13.2. The number of esters is 5. The van der Waals surface area contributed by atoms with Crippen LogP contribution in [0.4, 0.5) is 0 Å². The van der Waals surface area contributed by atoms with E-state index in [-0.39, 0.29) is 0 Å². The maximum Gasteiger partial charge on any atom is 0.303 e. The van der Waals surface area contributed by atoms with E-state index in [2.05, 4.69) is 5.32 Å². The molecule has 2 saturated heterocycles. The summed E-state index contributed by atoms with van der Waals surface area (Å²) in [6.07, 6.45) is -8.58. The Kier molecular flexibility index (Phi) is 14.0. The summed E-state index contributed by atoms with van der Waals surface area (Å²) in [5, 5.41) is 14.7. The van der Waals surface area contributed by atoms with Crippen LogP contribution in [0.25, 0.3) is 0 Å². The van der Waals surface area contributed by atoms with Gasteiger partial charge in [-0.3, -0.25) is 33.6 Å². The molecule has 10 atom stereocenters. The van der Waals surface area contributed by atoms with Crippen molar-refractivity contribution < 1.29 is 71.8 Å². The van der Waals surface area contributed by atoms with E-state index < -0.39 is 114 Å². The largest absolute Gasteiger partial charge is 0.829 e. The van der Waals surface area contributed by atoms with Crippen LogP contribution in [0.2, 0.25) is 0 Å². The fourth-order valence-corrected chi connectivity index (χ4v) is 6.49. The fraction of sp³-hybridized carbons (Fsp3) is 0.741. The van der Waals surface area contributed by atoms with Gasteiger partial charge < -0.3 is 48.5 Å². The molecule has 2 rings (SSSR count). The van der Waals surface area contributed by atoms with E-state index in [9.17, 15) is 38.7 Å². The van der Waals surface area contributed by atoms with Crippen molar-refractivity contribution in [2.75, 3.05) is 20.3 Å². The summed E-state index contributed by atoms with van der Waals surface area (Å²) in [4.78, 5) is 85.7. The molecule has 2 heterocycles. The monoisotopic (exact) mass is 663 g/mol. The second-order valence-corrected chi connectivity index (χ2v) is 11.6. The van der Waals surface area contributed by atoms with Crippen LogP contribution in [0.5, 0.6) is 0 Å². The first-order valence-corrected chi connectivity index (χ1v) is 14.8. The Morgan fingerprint density at radius 3 is 1.67 bits per heavy atom. The molecule has 0 aromatic rings. The first-order valence-electron chi connectivity index (χ1n) is 13.8. The number of nitrogens with zero attached hydrogens (tertiary/aromatic N) is 1. The molecule has 0 unspecified atom stereocenters. The molecule has 2 fully saturated rings. The van der Waals surface area contributed by atoms with Gasteiger partial charge in [0.05, 0.1) is 11.3 Å². The van der Waals surface area contributed by atoms with E-state index in [1.54, 1.807) is 0 Å². The average Bonchev–Trinajstić information content (AvgIpc) is 2.89. The maximum absolute atomic E-state index is 13.2. The van der Waals surface area contributed by atoms with Crippen molar-refractivity contribution in [3.05, 3.63) is 0 Å². The van der Waals surface area contributed by atoms with Gasteiger partial charge in [0.15, 0.2) is 12.2 Å². The fourth-order valence-electron chi connectivity index (χ4n) is 4.89. The first kappa shape index (κ1) is 37.7. The number of nitrogens with one attached hydrogen (secondary N) is 1. The highest BCUT2D eigenvalue weighted by molar-refractivity contribution is 8.00. The van der Waals surface area contributed by atoms with Crippen molar-refractivity contribution in [1.29, 1.82) is 0 Å². The first-order chi connectivity index (χ1) is 20.9. The smallest absolute Gasteiger partial charge is 0.303 e. The second-order valence-electron chi connectivity index (χ2n) is 10.4. The summed E-state index contributed by atoms with van der Waals surface area (Å²) in [5.41, 5.74) is -1.26. The number of rotatable bonds is 11. The Labute approximate surface area is 263 Å². The molecule has 1 N–H and O–H groups in total. The van der Waals surface area contributed by atoms with Gasteiger partial charge in [-0.05, 0) is 0 Å². The molecule has 0 aliphatic carbocycles. The summed E-state index contributed by atoms with van der Waals surface area (Å²) in [5.74, 6) is -4.98. The quantitative estimate of drug-likeness (QED) is 0.190. The molecule has 0 saturated carbocycles. The average molecular weight is 664 g/mol. The van der Waals surface area contributed by atoms with Crippen molar-refractivity contribution >= 4 is 53.4 Å². The van der Waals surface area contributed by atoms with Crippen molar-refractivity contribution in [3.8, 4) is 0 Å². The van der Waals surface area contributed by atoms with Crippen molar-refractivity contribution in [2.24, 2.45) is 0 Å². The highest BCUT2D eigenvalue weighted by Crippen LogP contribution is 2.40. The molecule has 17 nitrogen and oxygen atoms in total. The van der Waals surface area contributed by atoms with Crippen molar-refractivity contribution in [1.82, 2.24) is 10.2 Å². The van der Waals surface area contributed by atoms with E-state index in [4.69, 9.17) is 33.2 Å². The van der Waals surface area contributed by atoms with Gasteiger partial charge in [0.1, 0.15) is 43.0 Å². The zero-order chi connectivity index (χ0) is 34.2. The van der Waals surface area contributed by atoms with Crippen LogP contribution in [0.3, 0.4) is 0 Å². The van der Waals surface area contributed by atoms with Crippen molar-refractivity contribution in [3.63, 3.8) is 0 Å². The minimum absolute atomic E-state index is 0.474. The predicted octanol–water partition coefficient (Wildman–Crippen LogP) is -1.83. The SMILES string of the molecule is CC(=O)N[C@@H]1[C@@H](OC(C)=O)[C@H](OC(C)=O)[C@@H](COC(C)=O)O[C@H]1S[C@H]1[C@H](OC(C)=O)[C@@H](N(C)C(C)=O)[C@@H]([O-])O[C@@H]1COC(C)=O. The lowest BCUT2D eigenvalue weighted by molar-refractivity contribution is -0.518. The van der Waals surface area contributed by atoms with E-state index >= 15 is 0 Å². The summed E-state index contributed by atoms with van der Waals surface area (Å²) in [6.45, 7) is 6.96. The third kappa shape index (κ3) is 10.8. The van der Waals surface area contributed by atoms with E-state index in [0.717, 1.165) is 51.3 Å². The Morgan fingerprint density at radius 1 is 0.711 bits per heavy atom. The van der Waals surface area contributed by atoms with Gasteiger partial charge in [0, 0.05) is 61.8 Å². The van der Waals surface area contributed by atoms with E-state index in [1.807, 2.05) is 0 Å². The minimum atomic E-state index is -1.95. The molecule has 45 heavy (non-hydrogen) atoms. The van der Waals surface area contributed by atoms with Gasteiger partial charge in [0.25, 0.3) is 0 Å². The van der Waals surface area contributed by atoms with Crippen molar-refractivity contribution in [2.45, 2.75) is 108 Å². The normalized spacial score (nSPS) is 31.0. The Balaban J connectivity index is 2.70. The van der Waals surface area contributed by atoms with Gasteiger partial charge in [-0.15, -0.1) is 11.8 Å². The predicted molar refractivity (Wildman–Crippen MR) is 148 cm³/mol. The molecule has 18 heteroatoms. The number of carbonyl (C=O) groups is 7. The van der Waals surface area contributed by atoms with Gasteiger partial charge in [-0.25, -0.2) is 0 Å². The number of hydrogen-bond acceptors (Lipinski definition) is 16. The third-order valence-corrected chi connectivity index (χ3v) is 8.23. The number of carbonyl (C=O) groups excluding carboxylic acids is 7. The Hall–Kier alpha value is -3.48. The summed E-state index contributed by atoms with van der Waals surface area (Å²) < 4.78 is 38.7. The lowest BCUT2D eigenvalue weighted by Crippen LogP contribution is -2.69. The molecule has 0 spiro atoms. The molecule has 2 amide bonds. The van der Waals surface area contributed by atoms with E-state index in [0.29, 0.717) is 0 Å². The van der Waals surface area contributed by atoms with Crippen LogP contribution in [0.1, 0.15) is 48.5 Å². The summed E-state index contributed by atoms with van der Waals surface area (Å²) >= 11 is 0.847. The molecule has 0 radical (unpaired) electrons. The van der Waals surface area contributed by atoms with Gasteiger partial charge in [-0.2, -0.15) is 0 Å². The van der Waals surface area contributed by atoms with Gasteiger partial charge in [-0.1, -0.05) is 0 Å². The molecule has 2 aliphatic heterocycles. The zero-order valence-corrected chi connectivity index (χ0v) is 27.0. The molecule has 0 bridgehead atoms. The van der Waals surface area contributed by atoms with Crippen LogP contribution in [-0.2, 0) is 66.7 Å². The Morgan fingerprint density at radius 2 is 1.20 bits per heavy atom. The highest BCUT2D eigenvalue weighted by Gasteiger charge is 2.55. The number of likely N-dealkylation sites (N-methyl/N-ethyl adjacent to an activating group) is 1. The van der Waals surface area contributed by atoms with Crippen LogP contribution >= 0.6 is 11.8 Å². The number of thioether (sulfide) groups is 1. The van der Waals surface area contributed by atoms with Crippen LogP contribution in [-0.4, -0.2) is 126 Å². The highest BCUT2D eigenvalue weighted by atomic mass is 32.2. The lowest BCUT2D eigenvalue weighted by atomic mass is 9.97. The molecule has 254 valence electrons. The number of ether oxygens (including phenoxy) is 7. The molecule has 0 aromatic heterocycles. The second kappa shape index (κ2) is 16.7. The van der Waals surface area contributed by atoms with Crippen LogP contribution in [0, 0.1) is 0 Å². The molecule has 2 aliphatic rings. The van der Waals surface area contributed by atoms with Gasteiger partial charge >= 0.3 is 29.8 Å². The zero-order valence-electron chi connectivity index (χ0n) is 26.2. The standard InChI is InChI=1S/C27H39N2O15S/c1-11(30)28-20-23(41-16(6)35)22(40-15(5)34)18(9-38-13(3)32)44-27(20)45-25-19(10-39-14(4)33)43-26(37)21(29(8)12(2)31)24(25)42-17(7)36/h18-27H,9-10H2,1-8H3,(H,28,30)/q-1/t18-,19-,20-,21-,22-,23-,24-,25-,26+,27+/m1/s1. The molecular formula is C27H39N2O15S-.